The Balaban J connectivity index is 2.38. The zero-order valence-electron chi connectivity index (χ0n) is 15.1. The molecule has 0 unspecified atom stereocenters. The summed E-state index contributed by atoms with van der Waals surface area (Å²) in [4.78, 5) is 10.7. The van der Waals surface area contributed by atoms with Gasteiger partial charge >= 0.3 is 5.97 Å². The monoisotopic (exact) mass is 330 g/mol. The molecule has 1 fully saturated rings. The lowest BCUT2D eigenvalue weighted by Gasteiger charge is -2.48. The molecule has 3 heteroatoms. The number of carboxylic acids is 1. The highest BCUT2D eigenvalue weighted by molar-refractivity contribution is 5.80. The highest BCUT2D eigenvalue weighted by Gasteiger charge is 2.44. The first-order chi connectivity index (χ1) is 11.3. The molecule has 2 N–H and O–H groups in total. The Morgan fingerprint density at radius 3 is 2.62 bits per heavy atom. The van der Waals surface area contributed by atoms with Crippen LogP contribution in [0.3, 0.4) is 0 Å². The minimum atomic E-state index is -0.924. The van der Waals surface area contributed by atoms with Crippen molar-refractivity contribution in [1.82, 2.24) is 0 Å². The number of aliphatic carboxylic acids is 1. The molecule has 1 saturated carbocycles. The standard InChI is InChI=1S/C21H30O3/c1-5-13(2)20-14(3)10-16-12-17(22)11-15(4)21(16)18(20)8-6-7-9-19(23)24/h5-10,15-18,20-22H,11-12H2,1-4H3,(H,23,24)/b8-6+,9-7+,13-5+/t15-,16+,17+,18+,20+,21+/m0/s1. The molecule has 0 aromatic rings. The number of hydrogen-bond acceptors (Lipinski definition) is 2. The van der Waals surface area contributed by atoms with E-state index < -0.39 is 5.97 Å². The summed E-state index contributed by atoms with van der Waals surface area (Å²) < 4.78 is 0. The van der Waals surface area contributed by atoms with Crippen LogP contribution in [0.5, 0.6) is 0 Å². The molecule has 0 aliphatic heterocycles. The Kier molecular flexibility index (Phi) is 6.22. The molecule has 24 heavy (non-hydrogen) atoms. The van der Waals surface area contributed by atoms with Crippen LogP contribution in [0.25, 0.3) is 0 Å². The van der Waals surface area contributed by atoms with Crippen LogP contribution in [0.2, 0.25) is 0 Å². The lowest BCUT2D eigenvalue weighted by molar-refractivity contribution is -0.131. The molecule has 132 valence electrons. The van der Waals surface area contributed by atoms with Crippen molar-refractivity contribution < 1.29 is 15.0 Å². The molecule has 0 aromatic heterocycles. The number of rotatable bonds is 4. The predicted octanol–water partition coefficient (Wildman–Crippen LogP) is 4.37. The number of allylic oxidation sites excluding steroid dienone is 7. The van der Waals surface area contributed by atoms with Crippen LogP contribution in [0, 0.1) is 29.6 Å². The SMILES string of the molecule is C/C=C(\C)[C@@H]1C(C)=C[C@@H]2C[C@H](O)C[C@H](C)[C@H]2[C@@H]1/C=C/C=C/C(=O)O. The fourth-order valence-electron chi connectivity index (χ4n) is 4.80. The number of hydrogen-bond donors (Lipinski definition) is 2. The maximum atomic E-state index is 10.7. The van der Waals surface area contributed by atoms with Gasteiger partial charge in [-0.15, -0.1) is 0 Å². The largest absolute Gasteiger partial charge is 0.478 e. The van der Waals surface area contributed by atoms with Crippen LogP contribution in [-0.4, -0.2) is 22.3 Å². The average Bonchev–Trinajstić information content (AvgIpc) is 2.49. The van der Waals surface area contributed by atoms with Crippen molar-refractivity contribution in [2.45, 2.75) is 46.6 Å². The fourth-order valence-corrected chi connectivity index (χ4v) is 4.80. The molecule has 3 nitrogen and oxygen atoms in total. The van der Waals surface area contributed by atoms with E-state index in [9.17, 15) is 9.90 Å². The van der Waals surface area contributed by atoms with Crippen molar-refractivity contribution >= 4 is 5.97 Å². The molecular weight excluding hydrogens is 300 g/mol. The van der Waals surface area contributed by atoms with Gasteiger partial charge in [-0.05, 0) is 57.3 Å². The number of fused-ring (bicyclic) bond motifs is 1. The smallest absolute Gasteiger partial charge is 0.328 e. The molecule has 0 radical (unpaired) electrons. The summed E-state index contributed by atoms with van der Waals surface area (Å²) in [6, 6.07) is 0. The molecule has 2 aliphatic carbocycles. The molecule has 0 heterocycles. The highest BCUT2D eigenvalue weighted by atomic mass is 16.4. The van der Waals surface area contributed by atoms with Gasteiger partial charge in [0.15, 0.2) is 0 Å². The van der Waals surface area contributed by atoms with Crippen LogP contribution in [0.4, 0.5) is 0 Å². The molecule has 6 atom stereocenters. The van der Waals surface area contributed by atoms with Crippen LogP contribution in [0.1, 0.15) is 40.5 Å². The summed E-state index contributed by atoms with van der Waals surface area (Å²) >= 11 is 0. The Labute approximate surface area is 145 Å². The van der Waals surface area contributed by atoms with Gasteiger partial charge in [-0.25, -0.2) is 4.79 Å². The number of aliphatic hydroxyl groups is 1. The second kappa shape index (κ2) is 7.98. The van der Waals surface area contributed by atoms with E-state index in [0.29, 0.717) is 29.6 Å². The van der Waals surface area contributed by atoms with Crippen LogP contribution in [-0.2, 0) is 4.79 Å². The van der Waals surface area contributed by atoms with E-state index in [4.69, 9.17) is 5.11 Å². The summed E-state index contributed by atoms with van der Waals surface area (Å²) in [5.41, 5.74) is 2.72. The maximum absolute atomic E-state index is 10.7. The maximum Gasteiger partial charge on any atom is 0.328 e. The van der Waals surface area contributed by atoms with E-state index >= 15 is 0 Å². The first-order valence-electron chi connectivity index (χ1n) is 8.92. The molecule has 0 amide bonds. The quantitative estimate of drug-likeness (QED) is 0.457. The third-order valence-corrected chi connectivity index (χ3v) is 5.77. The van der Waals surface area contributed by atoms with Crippen LogP contribution in [0.15, 0.2) is 47.6 Å². The molecule has 2 aliphatic rings. The molecule has 2 rings (SSSR count). The normalized spacial score (nSPS) is 37.5. The molecule has 0 bridgehead atoms. The Hall–Kier alpha value is -1.61. The van der Waals surface area contributed by atoms with Crippen LogP contribution >= 0.6 is 0 Å². The Bertz CT molecular complexity index is 582. The van der Waals surface area contributed by atoms with E-state index in [1.807, 2.05) is 6.08 Å². The lowest BCUT2D eigenvalue weighted by atomic mass is 9.57. The van der Waals surface area contributed by atoms with Crippen molar-refractivity contribution in [3.63, 3.8) is 0 Å². The lowest BCUT2D eigenvalue weighted by Crippen LogP contribution is -2.42. The van der Waals surface area contributed by atoms with Crippen molar-refractivity contribution in [2.75, 3.05) is 0 Å². The van der Waals surface area contributed by atoms with Gasteiger partial charge in [-0.1, -0.05) is 48.5 Å². The van der Waals surface area contributed by atoms with Crippen LogP contribution < -0.4 is 0 Å². The third-order valence-electron chi connectivity index (χ3n) is 5.77. The third kappa shape index (κ3) is 4.07. The second-order valence-electron chi connectivity index (χ2n) is 7.42. The number of carboxylic acid groups (broad SMARTS) is 1. The van der Waals surface area contributed by atoms with Gasteiger partial charge in [0.2, 0.25) is 0 Å². The summed E-state index contributed by atoms with van der Waals surface area (Å²) in [5, 5.41) is 18.9. The molecular formula is C21H30O3. The van der Waals surface area contributed by atoms with Crippen molar-refractivity contribution in [2.24, 2.45) is 29.6 Å². The summed E-state index contributed by atoms with van der Waals surface area (Å²) in [7, 11) is 0. The van der Waals surface area contributed by atoms with E-state index in [1.165, 1.54) is 17.2 Å². The van der Waals surface area contributed by atoms with Gasteiger partial charge in [-0.2, -0.15) is 0 Å². The fraction of sp³-hybridized carbons (Fsp3) is 0.571. The van der Waals surface area contributed by atoms with E-state index in [2.05, 4.69) is 45.9 Å². The number of aliphatic hydroxyl groups excluding tert-OH is 1. The van der Waals surface area contributed by atoms with E-state index in [-0.39, 0.29) is 6.10 Å². The summed E-state index contributed by atoms with van der Waals surface area (Å²) in [6.45, 7) is 8.68. The van der Waals surface area contributed by atoms with E-state index in [1.54, 1.807) is 6.08 Å². The Morgan fingerprint density at radius 2 is 2.00 bits per heavy atom. The molecule has 0 saturated heterocycles. The predicted molar refractivity (Wildman–Crippen MR) is 97.5 cm³/mol. The molecule has 0 spiro atoms. The van der Waals surface area contributed by atoms with Gasteiger partial charge in [0.05, 0.1) is 6.10 Å². The van der Waals surface area contributed by atoms with Crippen molar-refractivity contribution in [1.29, 1.82) is 0 Å². The zero-order valence-corrected chi connectivity index (χ0v) is 15.1. The molecule has 0 aromatic carbocycles. The van der Waals surface area contributed by atoms with Gasteiger partial charge in [0.25, 0.3) is 0 Å². The number of carbonyl (C=O) groups is 1. The average molecular weight is 330 g/mol. The minimum Gasteiger partial charge on any atom is -0.478 e. The van der Waals surface area contributed by atoms with E-state index in [0.717, 1.165) is 12.8 Å². The summed E-state index contributed by atoms with van der Waals surface area (Å²) in [6.07, 6.45) is 12.9. The van der Waals surface area contributed by atoms with Gasteiger partial charge in [0.1, 0.15) is 0 Å². The zero-order chi connectivity index (χ0) is 17.9. The van der Waals surface area contributed by atoms with Gasteiger partial charge < -0.3 is 10.2 Å². The second-order valence-corrected chi connectivity index (χ2v) is 7.42. The van der Waals surface area contributed by atoms with Crippen molar-refractivity contribution in [3.05, 3.63) is 47.6 Å². The minimum absolute atomic E-state index is 0.207. The van der Waals surface area contributed by atoms with Gasteiger partial charge in [-0.3, -0.25) is 0 Å². The summed E-state index contributed by atoms with van der Waals surface area (Å²) in [5.74, 6) is 1.13. The Morgan fingerprint density at radius 1 is 1.29 bits per heavy atom. The first-order valence-corrected chi connectivity index (χ1v) is 8.92. The topological polar surface area (TPSA) is 57.5 Å². The first kappa shape index (κ1) is 18.7. The van der Waals surface area contributed by atoms with Gasteiger partial charge in [0, 0.05) is 12.0 Å². The van der Waals surface area contributed by atoms with Crippen molar-refractivity contribution in [3.8, 4) is 0 Å². The highest BCUT2D eigenvalue weighted by Crippen LogP contribution is 2.50.